The number of hydrogen-bond acceptors (Lipinski definition) is 3. The largest absolute Gasteiger partial charge is 0.481 e. The van der Waals surface area contributed by atoms with E-state index in [1.54, 1.807) is 12.1 Å². The molecule has 2 saturated carbocycles. The van der Waals surface area contributed by atoms with Crippen molar-refractivity contribution < 1.29 is 19.4 Å². The van der Waals surface area contributed by atoms with Crippen LogP contribution in [0, 0.1) is 35.5 Å². The molecule has 166 valence electrons. The van der Waals surface area contributed by atoms with E-state index in [9.17, 15) is 14.7 Å². The molecule has 5 nitrogen and oxygen atoms in total. The van der Waals surface area contributed by atoms with Gasteiger partial charge >= 0.3 is 5.97 Å². The Balaban J connectivity index is 1.25. The fourth-order valence-corrected chi connectivity index (χ4v) is 5.56. The molecule has 0 aromatic heterocycles. The highest BCUT2D eigenvalue weighted by Gasteiger charge is 2.62. The van der Waals surface area contributed by atoms with E-state index < -0.39 is 17.8 Å². The van der Waals surface area contributed by atoms with E-state index in [1.165, 1.54) is 5.56 Å². The van der Waals surface area contributed by atoms with Crippen LogP contribution in [0.2, 0.25) is 0 Å². The number of carbonyl (C=O) groups is 2. The Kier molecular flexibility index (Phi) is 4.88. The number of carboxylic acid groups (broad SMARTS) is 1. The minimum Gasteiger partial charge on any atom is -0.481 e. The molecule has 32 heavy (non-hydrogen) atoms. The van der Waals surface area contributed by atoms with Gasteiger partial charge in [0, 0.05) is 5.69 Å². The Bertz CT molecular complexity index is 1060. The SMILES string of the molecule is CC(C)(C)c1ccc(Oc2ccc(NC(=O)[C@@H]3[C@H]4C=C[C@@H]([C@@H]5C[C@H]45)[C@@H]3C(=O)O)cc2)cc1. The fourth-order valence-electron chi connectivity index (χ4n) is 5.56. The van der Waals surface area contributed by atoms with Gasteiger partial charge in [0.15, 0.2) is 0 Å². The number of fused-ring (bicyclic) bond motifs is 1. The van der Waals surface area contributed by atoms with E-state index in [2.05, 4.69) is 44.3 Å². The van der Waals surface area contributed by atoms with Crippen molar-refractivity contribution in [3.63, 3.8) is 0 Å². The Morgan fingerprint density at radius 3 is 1.94 bits per heavy atom. The third-order valence-electron chi connectivity index (χ3n) is 7.32. The Morgan fingerprint density at radius 1 is 0.875 bits per heavy atom. The minimum absolute atomic E-state index is 0.0151. The van der Waals surface area contributed by atoms with Crippen molar-refractivity contribution in [2.24, 2.45) is 35.5 Å². The topological polar surface area (TPSA) is 75.6 Å². The minimum atomic E-state index is -0.865. The third kappa shape index (κ3) is 3.70. The van der Waals surface area contributed by atoms with E-state index in [-0.39, 0.29) is 23.2 Å². The van der Waals surface area contributed by atoms with Gasteiger partial charge in [-0.1, -0.05) is 45.1 Å². The smallest absolute Gasteiger partial charge is 0.307 e. The lowest BCUT2D eigenvalue weighted by Crippen LogP contribution is -2.48. The standard InChI is InChI=1S/C27H29NO4/c1-27(2,3)15-4-8-17(9-5-15)32-18-10-6-16(7-11-18)28-25(29)23-19-12-13-20(22-14-21(19)22)24(23)26(30)31/h4-13,19-24H,14H2,1-3H3,(H,28,29)(H,30,31)/t19-,20-,21+,22-,23+,24-/m0/s1. The molecule has 4 aliphatic rings. The maximum Gasteiger partial charge on any atom is 0.307 e. The predicted octanol–water partition coefficient (Wildman–Crippen LogP) is 5.48. The highest BCUT2D eigenvalue weighted by atomic mass is 16.5. The second-order valence-electron chi connectivity index (χ2n) is 10.4. The zero-order valence-corrected chi connectivity index (χ0v) is 18.6. The van der Waals surface area contributed by atoms with Crippen LogP contribution in [-0.4, -0.2) is 17.0 Å². The van der Waals surface area contributed by atoms with Gasteiger partial charge in [-0.05, 0) is 77.5 Å². The molecular formula is C27H29NO4. The lowest BCUT2D eigenvalue weighted by atomic mass is 9.62. The van der Waals surface area contributed by atoms with Crippen LogP contribution in [0.15, 0.2) is 60.7 Å². The van der Waals surface area contributed by atoms with Gasteiger partial charge in [-0.2, -0.15) is 0 Å². The quantitative estimate of drug-likeness (QED) is 0.615. The van der Waals surface area contributed by atoms with Crippen molar-refractivity contribution in [1.29, 1.82) is 0 Å². The molecule has 0 heterocycles. The van der Waals surface area contributed by atoms with Crippen molar-refractivity contribution in [2.45, 2.75) is 32.6 Å². The average molecular weight is 432 g/mol. The molecule has 2 aromatic carbocycles. The highest BCUT2D eigenvalue weighted by molar-refractivity contribution is 5.96. The summed E-state index contributed by atoms with van der Waals surface area (Å²) in [4.78, 5) is 25.0. The summed E-state index contributed by atoms with van der Waals surface area (Å²) in [6.45, 7) is 6.52. The zero-order chi connectivity index (χ0) is 22.6. The van der Waals surface area contributed by atoms with Gasteiger partial charge in [0.2, 0.25) is 5.91 Å². The first-order valence-electron chi connectivity index (χ1n) is 11.3. The van der Waals surface area contributed by atoms with Gasteiger partial charge in [0.25, 0.3) is 0 Å². The molecule has 0 saturated heterocycles. The number of rotatable bonds is 5. The first kappa shape index (κ1) is 20.8. The second-order valence-corrected chi connectivity index (χ2v) is 10.4. The molecule has 4 aliphatic carbocycles. The van der Waals surface area contributed by atoms with Crippen molar-refractivity contribution in [3.05, 3.63) is 66.2 Å². The maximum absolute atomic E-state index is 13.1. The summed E-state index contributed by atoms with van der Waals surface area (Å²) in [7, 11) is 0. The summed E-state index contributed by atoms with van der Waals surface area (Å²) in [5.41, 5.74) is 1.98. The molecule has 0 spiro atoms. The summed E-state index contributed by atoms with van der Waals surface area (Å²) in [6, 6.07) is 15.3. The molecule has 2 bridgehead atoms. The second kappa shape index (κ2) is 7.51. The molecule has 6 rings (SSSR count). The number of aliphatic carboxylic acids is 1. The molecule has 1 amide bonds. The summed E-state index contributed by atoms with van der Waals surface area (Å²) in [5.74, 6) is 0.156. The van der Waals surface area contributed by atoms with Crippen LogP contribution in [0.25, 0.3) is 0 Å². The van der Waals surface area contributed by atoms with E-state index in [4.69, 9.17) is 4.74 Å². The molecule has 6 atom stereocenters. The molecule has 0 aliphatic heterocycles. The third-order valence-corrected chi connectivity index (χ3v) is 7.32. The van der Waals surface area contributed by atoms with E-state index in [1.807, 2.05) is 30.3 Å². The number of anilines is 1. The van der Waals surface area contributed by atoms with Crippen molar-refractivity contribution in [3.8, 4) is 11.5 Å². The predicted molar refractivity (Wildman–Crippen MR) is 123 cm³/mol. The highest BCUT2D eigenvalue weighted by Crippen LogP contribution is 2.63. The Morgan fingerprint density at radius 2 is 1.41 bits per heavy atom. The fraction of sp³-hybridized carbons (Fsp3) is 0.407. The molecule has 2 aromatic rings. The average Bonchev–Trinajstić information content (AvgIpc) is 3.57. The monoisotopic (exact) mass is 431 g/mol. The first-order chi connectivity index (χ1) is 15.2. The Hall–Kier alpha value is -3.08. The van der Waals surface area contributed by atoms with Crippen LogP contribution >= 0.6 is 0 Å². The van der Waals surface area contributed by atoms with Crippen LogP contribution in [0.5, 0.6) is 11.5 Å². The van der Waals surface area contributed by atoms with Gasteiger partial charge in [0.05, 0.1) is 11.8 Å². The summed E-state index contributed by atoms with van der Waals surface area (Å²) < 4.78 is 5.93. The number of carboxylic acids is 1. The van der Waals surface area contributed by atoms with E-state index >= 15 is 0 Å². The van der Waals surface area contributed by atoms with Crippen LogP contribution < -0.4 is 10.1 Å². The van der Waals surface area contributed by atoms with Crippen molar-refractivity contribution in [1.82, 2.24) is 0 Å². The van der Waals surface area contributed by atoms with E-state index in [0.717, 1.165) is 12.2 Å². The number of amides is 1. The molecule has 0 radical (unpaired) electrons. The first-order valence-corrected chi connectivity index (χ1v) is 11.3. The van der Waals surface area contributed by atoms with Crippen LogP contribution in [0.4, 0.5) is 5.69 Å². The number of hydrogen-bond donors (Lipinski definition) is 2. The van der Waals surface area contributed by atoms with Crippen molar-refractivity contribution >= 4 is 17.6 Å². The Labute approximate surface area is 188 Å². The molecule has 2 fully saturated rings. The molecule has 2 N–H and O–H groups in total. The van der Waals surface area contributed by atoms with Crippen LogP contribution in [0.1, 0.15) is 32.8 Å². The lowest BCUT2D eigenvalue weighted by molar-refractivity contribution is -0.152. The van der Waals surface area contributed by atoms with Gasteiger partial charge in [-0.25, -0.2) is 0 Å². The number of carbonyl (C=O) groups excluding carboxylic acids is 1. The van der Waals surface area contributed by atoms with Crippen LogP contribution in [0.3, 0.4) is 0 Å². The number of ether oxygens (including phenoxy) is 1. The van der Waals surface area contributed by atoms with Gasteiger partial charge < -0.3 is 15.2 Å². The normalized spacial score (nSPS) is 29.8. The summed E-state index contributed by atoms with van der Waals surface area (Å²) in [5, 5.41) is 12.7. The number of nitrogens with one attached hydrogen (secondary N) is 1. The van der Waals surface area contributed by atoms with Gasteiger partial charge in [0.1, 0.15) is 11.5 Å². The maximum atomic E-state index is 13.1. The molecule has 0 unspecified atom stereocenters. The van der Waals surface area contributed by atoms with Crippen molar-refractivity contribution in [2.75, 3.05) is 5.32 Å². The molecule has 5 heteroatoms. The summed E-state index contributed by atoms with van der Waals surface area (Å²) in [6.07, 6.45) is 5.14. The van der Waals surface area contributed by atoms with Gasteiger partial charge in [-0.3, -0.25) is 9.59 Å². The number of allylic oxidation sites excluding steroid dienone is 2. The summed E-state index contributed by atoms with van der Waals surface area (Å²) >= 11 is 0. The molecular weight excluding hydrogens is 402 g/mol. The van der Waals surface area contributed by atoms with Gasteiger partial charge in [-0.15, -0.1) is 0 Å². The number of benzene rings is 2. The van der Waals surface area contributed by atoms with E-state index in [0.29, 0.717) is 23.3 Å². The van der Waals surface area contributed by atoms with Crippen LogP contribution in [-0.2, 0) is 15.0 Å². The lowest BCUT2D eigenvalue weighted by Gasteiger charge is -2.41. The zero-order valence-electron chi connectivity index (χ0n) is 18.6.